The normalized spacial score (nSPS) is 18.9. The fraction of sp³-hybridized carbons (Fsp3) is 0.683. The lowest BCUT2D eigenvalue weighted by Crippen LogP contribution is -2.61. The van der Waals surface area contributed by atoms with Crippen LogP contribution in [0.3, 0.4) is 0 Å². The Balaban J connectivity index is 2.70. The average molecular weight is 1050 g/mol. The topological polar surface area (TPSA) is 175 Å². The molecule has 1 fully saturated rings. The molecule has 3 N–H and O–H groups in total. The molecule has 0 amide bonds. The molecule has 6 unspecified atom stereocenters. The van der Waals surface area contributed by atoms with E-state index in [0.29, 0.717) is 19.3 Å². The van der Waals surface area contributed by atoms with Gasteiger partial charge >= 0.3 is 23.9 Å². The quantitative estimate of drug-likeness (QED) is 0.0228. The van der Waals surface area contributed by atoms with E-state index in [4.69, 9.17) is 23.7 Å². The molecule has 1 aliphatic heterocycles. The number of carboxylic acid groups (broad SMARTS) is 1. The second-order valence-corrected chi connectivity index (χ2v) is 19.5. The summed E-state index contributed by atoms with van der Waals surface area (Å²) in [4.78, 5) is 51.1. The van der Waals surface area contributed by atoms with Gasteiger partial charge in [-0.25, -0.2) is 4.79 Å². The van der Waals surface area contributed by atoms with Gasteiger partial charge in [-0.05, 0) is 109 Å². The smallest absolute Gasteiger partial charge is 0.335 e. The van der Waals surface area contributed by atoms with Crippen LogP contribution in [-0.4, -0.2) is 89.2 Å². The van der Waals surface area contributed by atoms with Crippen molar-refractivity contribution >= 4 is 23.9 Å². The first-order chi connectivity index (χ1) is 36.6. The molecule has 1 rings (SSSR count). The zero-order valence-electron chi connectivity index (χ0n) is 46.8. The van der Waals surface area contributed by atoms with E-state index in [1.807, 2.05) is 0 Å². The van der Waals surface area contributed by atoms with Crippen molar-refractivity contribution in [3.05, 3.63) is 97.2 Å². The number of carbonyl (C=O) groups excluding carboxylic acids is 3. The second-order valence-electron chi connectivity index (χ2n) is 19.5. The van der Waals surface area contributed by atoms with Gasteiger partial charge in [0, 0.05) is 19.3 Å². The maximum atomic E-state index is 13.1. The third-order valence-electron chi connectivity index (χ3n) is 12.6. The maximum Gasteiger partial charge on any atom is 0.335 e. The Morgan fingerprint density at radius 1 is 0.453 bits per heavy atom. The number of aliphatic carboxylic acids is 1. The van der Waals surface area contributed by atoms with E-state index < -0.39 is 67.3 Å². The molecule has 1 heterocycles. The molecule has 0 radical (unpaired) electrons. The van der Waals surface area contributed by atoms with Crippen LogP contribution in [-0.2, 0) is 42.9 Å². The van der Waals surface area contributed by atoms with Gasteiger partial charge in [0.25, 0.3) is 0 Å². The highest BCUT2D eigenvalue weighted by Crippen LogP contribution is 2.26. The largest absolute Gasteiger partial charge is 0.479 e. The number of rotatable bonds is 48. The summed E-state index contributed by atoms with van der Waals surface area (Å²) >= 11 is 0. The summed E-state index contributed by atoms with van der Waals surface area (Å²) in [7, 11) is 0. The lowest BCUT2D eigenvalue weighted by molar-refractivity contribution is -0.301. The van der Waals surface area contributed by atoms with Crippen LogP contribution in [0.1, 0.15) is 226 Å². The van der Waals surface area contributed by atoms with Gasteiger partial charge in [-0.2, -0.15) is 0 Å². The molecule has 0 bridgehead atoms. The molecule has 0 saturated carbocycles. The summed E-state index contributed by atoms with van der Waals surface area (Å²) in [6.07, 6.45) is 53.7. The fourth-order valence-corrected chi connectivity index (χ4v) is 8.14. The van der Waals surface area contributed by atoms with Crippen molar-refractivity contribution in [3.63, 3.8) is 0 Å². The zero-order chi connectivity index (χ0) is 54.7. The Kier molecular flexibility index (Phi) is 46.2. The minimum Gasteiger partial charge on any atom is -0.479 e. The average Bonchev–Trinajstić information content (AvgIpc) is 3.39. The number of allylic oxidation sites excluding steroid dienone is 16. The van der Waals surface area contributed by atoms with Gasteiger partial charge in [0.15, 0.2) is 24.6 Å². The molecule has 0 aromatic rings. The van der Waals surface area contributed by atoms with Gasteiger partial charge in [0.05, 0.1) is 6.61 Å². The number of hydrogen-bond donors (Lipinski definition) is 3. The highest BCUT2D eigenvalue weighted by molar-refractivity contribution is 5.74. The highest BCUT2D eigenvalue weighted by atomic mass is 16.7. The van der Waals surface area contributed by atoms with Crippen molar-refractivity contribution in [1.82, 2.24) is 0 Å². The monoisotopic (exact) mass is 1050 g/mol. The van der Waals surface area contributed by atoms with E-state index in [1.165, 1.54) is 0 Å². The van der Waals surface area contributed by atoms with Crippen LogP contribution >= 0.6 is 0 Å². The number of esters is 3. The van der Waals surface area contributed by atoms with Gasteiger partial charge in [-0.1, -0.05) is 195 Å². The molecule has 0 aromatic heterocycles. The maximum absolute atomic E-state index is 13.1. The third-order valence-corrected chi connectivity index (χ3v) is 12.6. The number of unbranched alkanes of at least 4 members (excludes halogenated alkanes) is 18. The molecule has 426 valence electrons. The zero-order valence-corrected chi connectivity index (χ0v) is 46.8. The van der Waals surface area contributed by atoms with Crippen molar-refractivity contribution < 1.29 is 58.2 Å². The van der Waals surface area contributed by atoms with E-state index in [0.717, 1.165) is 167 Å². The molecule has 0 aromatic carbocycles. The summed E-state index contributed by atoms with van der Waals surface area (Å²) in [5.41, 5.74) is 0. The third kappa shape index (κ3) is 40.6. The Morgan fingerprint density at radius 2 is 0.840 bits per heavy atom. The van der Waals surface area contributed by atoms with Crippen LogP contribution < -0.4 is 0 Å². The lowest BCUT2D eigenvalue weighted by Gasteiger charge is -2.40. The van der Waals surface area contributed by atoms with Crippen molar-refractivity contribution in [3.8, 4) is 0 Å². The minimum absolute atomic E-state index is 0.0369. The molecule has 75 heavy (non-hydrogen) atoms. The Labute approximate surface area is 453 Å². The molecule has 1 aliphatic rings. The number of aliphatic hydroxyl groups is 2. The molecule has 12 nitrogen and oxygen atoms in total. The summed E-state index contributed by atoms with van der Waals surface area (Å²) in [6.45, 7) is 5.71. The standard InChI is InChI=1S/C63H102O12/c1-4-7-10-13-16-19-22-25-26-27-28-29-30-33-36-39-42-45-48-51-57(66)74-61-59(68)58(67)60(62(69)70)75-63(61)72-53-54(73-56(65)50-47-44-41-38-35-32-24-21-18-15-12-9-6-3)52-71-55(64)49-46-43-40-37-34-31-23-20-17-14-11-8-5-2/h7,10-12,14-16,19-21,23-26,28-29,54,58-61,63,67-68H,4-6,8-9,13,17-18,22,27,30-53H2,1-3H3,(H,69,70)/b10-7-,14-11-,15-12-,19-16-,23-20-,24-21-,26-25-,29-28-. The van der Waals surface area contributed by atoms with Crippen molar-refractivity contribution in [1.29, 1.82) is 0 Å². The highest BCUT2D eigenvalue weighted by Gasteiger charge is 2.50. The van der Waals surface area contributed by atoms with E-state index >= 15 is 0 Å². The van der Waals surface area contributed by atoms with Crippen LogP contribution in [0.25, 0.3) is 0 Å². The molecule has 12 heteroatoms. The number of carboxylic acids is 1. The van der Waals surface area contributed by atoms with Gasteiger partial charge < -0.3 is 39.0 Å². The van der Waals surface area contributed by atoms with E-state index in [1.54, 1.807) is 0 Å². The molecular weight excluding hydrogens is 949 g/mol. The lowest BCUT2D eigenvalue weighted by atomic mass is 9.98. The summed E-state index contributed by atoms with van der Waals surface area (Å²) in [5, 5.41) is 31.5. The Morgan fingerprint density at radius 3 is 1.28 bits per heavy atom. The first-order valence-electron chi connectivity index (χ1n) is 29.2. The minimum atomic E-state index is -1.92. The van der Waals surface area contributed by atoms with Gasteiger partial charge in [-0.15, -0.1) is 0 Å². The summed E-state index contributed by atoms with van der Waals surface area (Å²) in [5.74, 6) is -3.18. The predicted molar refractivity (Wildman–Crippen MR) is 303 cm³/mol. The summed E-state index contributed by atoms with van der Waals surface area (Å²) in [6, 6.07) is 0. The van der Waals surface area contributed by atoms with Crippen LogP contribution in [0, 0.1) is 0 Å². The molecule has 0 spiro atoms. The number of aliphatic hydroxyl groups excluding tert-OH is 2. The van der Waals surface area contributed by atoms with E-state index in [-0.39, 0.29) is 25.9 Å². The van der Waals surface area contributed by atoms with E-state index in [9.17, 15) is 34.5 Å². The Hall–Kier alpha value is -4.36. The Bertz CT molecular complexity index is 1670. The molecule has 1 saturated heterocycles. The van der Waals surface area contributed by atoms with Crippen molar-refractivity contribution in [2.45, 2.75) is 263 Å². The molecule has 0 aliphatic carbocycles. The molecule has 6 atom stereocenters. The van der Waals surface area contributed by atoms with Gasteiger partial charge in [-0.3, -0.25) is 14.4 Å². The number of carbonyl (C=O) groups is 4. The van der Waals surface area contributed by atoms with Crippen LogP contribution in [0.15, 0.2) is 97.2 Å². The van der Waals surface area contributed by atoms with E-state index in [2.05, 4.69) is 118 Å². The van der Waals surface area contributed by atoms with Crippen LogP contribution in [0.2, 0.25) is 0 Å². The van der Waals surface area contributed by atoms with Gasteiger partial charge in [0.2, 0.25) is 0 Å². The van der Waals surface area contributed by atoms with Crippen molar-refractivity contribution in [2.24, 2.45) is 0 Å². The fourth-order valence-electron chi connectivity index (χ4n) is 8.14. The number of ether oxygens (including phenoxy) is 5. The van der Waals surface area contributed by atoms with Crippen LogP contribution in [0.5, 0.6) is 0 Å². The van der Waals surface area contributed by atoms with Gasteiger partial charge in [0.1, 0.15) is 18.8 Å². The SMILES string of the molecule is CC/C=C\C/C=C\C/C=C\C/C=C\CCCCCCCCC(=O)OC1C(OCC(COC(=O)CCCCCCC/C=C\C/C=C\CCC)OC(=O)CCCCCCC/C=C\C/C=C\CCC)OC(C(=O)O)C(O)C1O. The second kappa shape index (κ2) is 50.5. The summed E-state index contributed by atoms with van der Waals surface area (Å²) < 4.78 is 28.4. The van der Waals surface area contributed by atoms with Crippen LogP contribution in [0.4, 0.5) is 0 Å². The predicted octanol–water partition coefficient (Wildman–Crippen LogP) is 14.9. The first kappa shape index (κ1) is 68.7. The number of hydrogen-bond acceptors (Lipinski definition) is 11. The van der Waals surface area contributed by atoms with Crippen molar-refractivity contribution in [2.75, 3.05) is 13.2 Å². The first-order valence-corrected chi connectivity index (χ1v) is 29.2. The molecular formula is C63H102O12.